The number of rotatable bonds is 6. The highest BCUT2D eigenvalue weighted by molar-refractivity contribution is 6.31. The number of pyridine rings is 1. The van der Waals surface area contributed by atoms with Crippen LogP contribution in [0.25, 0.3) is 0 Å². The zero-order valence-corrected chi connectivity index (χ0v) is 16.6. The first-order valence-corrected chi connectivity index (χ1v) is 8.81. The van der Waals surface area contributed by atoms with Crippen LogP contribution in [0.3, 0.4) is 0 Å². The monoisotopic (exact) mass is 373 g/mol. The second-order valence-corrected chi connectivity index (χ2v) is 6.68. The average molecular weight is 374 g/mol. The predicted octanol–water partition coefficient (Wildman–Crippen LogP) is 4.74. The summed E-state index contributed by atoms with van der Waals surface area (Å²) in [6.45, 7) is 7.73. The molecular formula is C20H24ClN3O2. The smallest absolute Gasteiger partial charge is 0.224 e. The van der Waals surface area contributed by atoms with Gasteiger partial charge in [0.05, 0.1) is 17.1 Å². The predicted molar refractivity (Wildman–Crippen MR) is 106 cm³/mol. The number of anilines is 1. The SMILES string of the molecule is CO/N=C(\CCC(=O)Nc1c(C)cc(C)nc1C)c1ccc(C)c(Cl)c1. The van der Waals surface area contributed by atoms with Gasteiger partial charge in [-0.15, -0.1) is 0 Å². The molecule has 0 fully saturated rings. The van der Waals surface area contributed by atoms with Crippen LogP contribution < -0.4 is 5.32 Å². The van der Waals surface area contributed by atoms with E-state index in [1.54, 1.807) is 0 Å². The van der Waals surface area contributed by atoms with E-state index < -0.39 is 0 Å². The van der Waals surface area contributed by atoms with Crippen molar-refractivity contribution in [2.24, 2.45) is 5.16 Å². The number of carbonyl (C=O) groups is 1. The number of nitrogens with zero attached hydrogens (tertiary/aromatic N) is 2. The Morgan fingerprint density at radius 2 is 1.88 bits per heavy atom. The quantitative estimate of drug-likeness (QED) is 0.587. The molecule has 1 aromatic heterocycles. The van der Waals surface area contributed by atoms with Crippen LogP contribution in [0.2, 0.25) is 5.02 Å². The van der Waals surface area contributed by atoms with Crippen molar-refractivity contribution in [2.75, 3.05) is 12.4 Å². The normalized spacial score (nSPS) is 11.4. The first kappa shape index (κ1) is 19.9. The molecule has 1 amide bonds. The number of amides is 1. The van der Waals surface area contributed by atoms with E-state index in [0.29, 0.717) is 17.2 Å². The van der Waals surface area contributed by atoms with Crippen LogP contribution in [0.15, 0.2) is 29.4 Å². The van der Waals surface area contributed by atoms with E-state index in [1.807, 2.05) is 52.0 Å². The van der Waals surface area contributed by atoms with Gasteiger partial charge in [0, 0.05) is 29.1 Å². The number of hydrogen-bond acceptors (Lipinski definition) is 4. The van der Waals surface area contributed by atoms with Crippen molar-refractivity contribution in [3.05, 3.63) is 57.4 Å². The molecule has 2 rings (SSSR count). The van der Waals surface area contributed by atoms with Gasteiger partial charge in [-0.25, -0.2) is 0 Å². The Labute approximate surface area is 159 Å². The molecule has 0 saturated carbocycles. The van der Waals surface area contributed by atoms with E-state index in [1.165, 1.54) is 7.11 Å². The lowest BCUT2D eigenvalue weighted by atomic mass is 10.0. The zero-order valence-electron chi connectivity index (χ0n) is 15.8. The van der Waals surface area contributed by atoms with Crippen LogP contribution in [0, 0.1) is 27.7 Å². The largest absolute Gasteiger partial charge is 0.399 e. The summed E-state index contributed by atoms with van der Waals surface area (Å²) in [5, 5.41) is 7.67. The Balaban J connectivity index is 2.08. The third-order valence-corrected chi connectivity index (χ3v) is 4.49. The fourth-order valence-electron chi connectivity index (χ4n) is 2.77. The number of nitrogens with one attached hydrogen (secondary N) is 1. The second kappa shape index (κ2) is 8.81. The van der Waals surface area contributed by atoms with Gasteiger partial charge in [0.15, 0.2) is 0 Å². The Bertz CT molecular complexity index is 824. The fourth-order valence-corrected chi connectivity index (χ4v) is 2.95. The third kappa shape index (κ3) is 5.05. The molecule has 0 bridgehead atoms. The van der Waals surface area contributed by atoms with Gasteiger partial charge in [0.2, 0.25) is 5.91 Å². The van der Waals surface area contributed by atoms with Crippen LogP contribution in [0.5, 0.6) is 0 Å². The van der Waals surface area contributed by atoms with E-state index in [4.69, 9.17) is 16.4 Å². The van der Waals surface area contributed by atoms with Crippen LogP contribution in [0.1, 0.15) is 40.9 Å². The minimum Gasteiger partial charge on any atom is -0.399 e. The molecule has 138 valence electrons. The van der Waals surface area contributed by atoms with Crippen molar-refractivity contribution < 1.29 is 9.63 Å². The Hall–Kier alpha value is -2.40. The first-order chi connectivity index (χ1) is 12.3. The van der Waals surface area contributed by atoms with Gasteiger partial charge in [0.25, 0.3) is 0 Å². The summed E-state index contributed by atoms with van der Waals surface area (Å²) in [4.78, 5) is 21.7. The van der Waals surface area contributed by atoms with Crippen molar-refractivity contribution in [2.45, 2.75) is 40.5 Å². The highest BCUT2D eigenvalue weighted by Gasteiger charge is 2.13. The molecule has 26 heavy (non-hydrogen) atoms. The molecule has 0 spiro atoms. The van der Waals surface area contributed by atoms with Crippen LogP contribution in [-0.4, -0.2) is 23.7 Å². The first-order valence-electron chi connectivity index (χ1n) is 8.43. The minimum atomic E-state index is -0.0936. The second-order valence-electron chi connectivity index (χ2n) is 6.27. The van der Waals surface area contributed by atoms with E-state index in [0.717, 1.165) is 33.8 Å². The Kier molecular flexibility index (Phi) is 6.75. The lowest BCUT2D eigenvalue weighted by Crippen LogP contribution is -2.16. The summed E-state index contributed by atoms with van der Waals surface area (Å²) in [6, 6.07) is 7.64. The summed E-state index contributed by atoms with van der Waals surface area (Å²) in [5.74, 6) is -0.0936. The van der Waals surface area contributed by atoms with Gasteiger partial charge < -0.3 is 10.2 Å². The molecule has 1 heterocycles. The van der Waals surface area contributed by atoms with Crippen molar-refractivity contribution in [3.8, 4) is 0 Å². The van der Waals surface area contributed by atoms with Crippen molar-refractivity contribution in [1.29, 1.82) is 0 Å². The summed E-state index contributed by atoms with van der Waals surface area (Å²) < 4.78 is 0. The highest BCUT2D eigenvalue weighted by Crippen LogP contribution is 2.21. The molecule has 0 unspecified atom stereocenters. The van der Waals surface area contributed by atoms with E-state index in [9.17, 15) is 4.79 Å². The minimum absolute atomic E-state index is 0.0936. The molecule has 0 atom stereocenters. The van der Waals surface area contributed by atoms with Crippen LogP contribution in [-0.2, 0) is 9.63 Å². The van der Waals surface area contributed by atoms with E-state index >= 15 is 0 Å². The standard InChI is InChI=1S/C20H24ClN3O2/c1-12-6-7-16(11-17(12)21)18(24-26-5)8-9-19(25)23-20-13(2)10-14(3)22-15(20)4/h6-7,10-11H,8-9H2,1-5H3,(H,23,25)/b24-18+. The van der Waals surface area contributed by atoms with Crippen molar-refractivity contribution in [1.82, 2.24) is 4.98 Å². The molecule has 1 aromatic carbocycles. The maximum Gasteiger partial charge on any atom is 0.224 e. The number of halogens is 1. The molecule has 0 aliphatic heterocycles. The summed E-state index contributed by atoms with van der Waals surface area (Å²) in [5.41, 5.74) is 6.03. The number of aromatic nitrogens is 1. The molecule has 0 aliphatic rings. The van der Waals surface area contributed by atoms with Crippen molar-refractivity contribution >= 4 is 28.9 Å². The summed E-state index contributed by atoms with van der Waals surface area (Å²) >= 11 is 6.19. The van der Waals surface area contributed by atoms with Crippen LogP contribution >= 0.6 is 11.6 Å². The maximum absolute atomic E-state index is 12.4. The molecule has 5 nitrogen and oxygen atoms in total. The molecule has 1 N–H and O–H groups in total. The number of carbonyl (C=O) groups excluding carboxylic acids is 1. The van der Waals surface area contributed by atoms with Gasteiger partial charge in [0.1, 0.15) is 7.11 Å². The topological polar surface area (TPSA) is 63.6 Å². The average Bonchev–Trinajstić information content (AvgIpc) is 2.57. The molecule has 0 saturated heterocycles. The van der Waals surface area contributed by atoms with Gasteiger partial charge >= 0.3 is 0 Å². The number of aryl methyl sites for hydroxylation is 4. The molecular weight excluding hydrogens is 350 g/mol. The third-order valence-electron chi connectivity index (χ3n) is 4.09. The van der Waals surface area contributed by atoms with Gasteiger partial charge in [-0.05, 0) is 51.0 Å². The van der Waals surface area contributed by atoms with Crippen molar-refractivity contribution in [3.63, 3.8) is 0 Å². The number of hydrogen-bond donors (Lipinski definition) is 1. The van der Waals surface area contributed by atoms with Gasteiger partial charge in [-0.3, -0.25) is 9.78 Å². The van der Waals surface area contributed by atoms with E-state index in [2.05, 4.69) is 15.5 Å². The molecule has 2 aromatic rings. The molecule has 0 aliphatic carbocycles. The Morgan fingerprint density at radius 3 is 2.50 bits per heavy atom. The highest BCUT2D eigenvalue weighted by atomic mass is 35.5. The van der Waals surface area contributed by atoms with Gasteiger partial charge in [-0.1, -0.05) is 28.9 Å². The number of oxime groups is 1. The summed E-state index contributed by atoms with van der Waals surface area (Å²) in [6.07, 6.45) is 0.719. The molecule has 6 heteroatoms. The Morgan fingerprint density at radius 1 is 1.15 bits per heavy atom. The maximum atomic E-state index is 12.4. The van der Waals surface area contributed by atoms with Gasteiger partial charge in [-0.2, -0.15) is 0 Å². The molecule has 0 radical (unpaired) electrons. The fraction of sp³-hybridized carbons (Fsp3) is 0.350. The van der Waals surface area contributed by atoms with Crippen LogP contribution in [0.4, 0.5) is 5.69 Å². The lowest BCUT2D eigenvalue weighted by molar-refractivity contribution is -0.116. The number of benzene rings is 1. The lowest BCUT2D eigenvalue weighted by Gasteiger charge is -2.12. The zero-order chi connectivity index (χ0) is 19.3. The summed E-state index contributed by atoms with van der Waals surface area (Å²) in [7, 11) is 1.49. The van der Waals surface area contributed by atoms with E-state index in [-0.39, 0.29) is 12.3 Å².